The third-order valence-corrected chi connectivity index (χ3v) is 9.76. The Morgan fingerprint density at radius 1 is 1.09 bits per heavy atom. The monoisotopic (exact) mass is 620 g/mol. The van der Waals surface area contributed by atoms with E-state index in [9.17, 15) is 9.59 Å². The lowest BCUT2D eigenvalue weighted by atomic mass is 9.95. The molecule has 2 atom stereocenters. The quantitative estimate of drug-likeness (QED) is 0.198. The van der Waals surface area contributed by atoms with Crippen molar-refractivity contribution >= 4 is 27.6 Å². The molecule has 0 saturated heterocycles. The number of fused-ring (bicyclic) bond motifs is 3. The molecule has 2 unspecified atom stereocenters. The van der Waals surface area contributed by atoms with Crippen molar-refractivity contribution < 1.29 is 13.9 Å². The summed E-state index contributed by atoms with van der Waals surface area (Å²) >= 11 is 0. The summed E-state index contributed by atoms with van der Waals surface area (Å²) in [5, 5.41) is 2.13. The number of hydrogen-bond acceptors (Lipinski definition) is 5. The highest BCUT2D eigenvalue weighted by Crippen LogP contribution is 2.45. The summed E-state index contributed by atoms with van der Waals surface area (Å²) in [6.07, 6.45) is 14.1. The van der Waals surface area contributed by atoms with E-state index in [0.717, 1.165) is 54.9 Å². The summed E-state index contributed by atoms with van der Waals surface area (Å²) in [7, 11) is 3.92. The van der Waals surface area contributed by atoms with Crippen molar-refractivity contribution in [3.05, 3.63) is 99.6 Å². The van der Waals surface area contributed by atoms with Crippen LogP contribution in [0.3, 0.4) is 0 Å². The lowest BCUT2D eigenvalue weighted by molar-refractivity contribution is 0.0759. The molecule has 3 aliphatic rings. The van der Waals surface area contributed by atoms with Crippen LogP contribution in [-0.4, -0.2) is 60.0 Å². The van der Waals surface area contributed by atoms with Crippen LogP contribution in [0.15, 0.2) is 77.3 Å². The van der Waals surface area contributed by atoms with Crippen molar-refractivity contribution in [2.75, 3.05) is 33.7 Å². The van der Waals surface area contributed by atoms with Crippen LogP contribution in [0.25, 0.3) is 27.4 Å². The largest absolute Gasteiger partial charge is 0.452 e. The fraction of sp³-hybridized carbons (Fsp3) is 0.368. The number of rotatable bonds is 9. The van der Waals surface area contributed by atoms with Gasteiger partial charge in [-0.2, -0.15) is 0 Å². The zero-order valence-corrected chi connectivity index (χ0v) is 26.6. The Hall–Kier alpha value is -4.27. The van der Waals surface area contributed by atoms with Gasteiger partial charge < -0.3 is 24.8 Å². The molecular formula is C38H41FN4O3. The van der Waals surface area contributed by atoms with Gasteiger partial charge in [-0.3, -0.25) is 9.59 Å². The first-order chi connectivity index (χ1) is 22.3. The maximum absolute atomic E-state index is 16.1. The van der Waals surface area contributed by atoms with Gasteiger partial charge in [0.1, 0.15) is 16.9 Å². The lowest BCUT2D eigenvalue weighted by Gasteiger charge is -2.28. The molecule has 1 fully saturated rings. The lowest BCUT2D eigenvalue weighted by Crippen LogP contribution is -2.40. The molecule has 4 aromatic rings. The van der Waals surface area contributed by atoms with Crippen LogP contribution in [0, 0.1) is 11.7 Å². The highest BCUT2D eigenvalue weighted by Gasteiger charge is 2.31. The van der Waals surface area contributed by atoms with E-state index in [2.05, 4.69) is 18.2 Å². The number of ether oxygens (including phenoxy) is 1. The molecule has 8 heteroatoms. The fourth-order valence-corrected chi connectivity index (χ4v) is 7.21. The van der Waals surface area contributed by atoms with Gasteiger partial charge in [-0.1, -0.05) is 42.5 Å². The second-order valence-corrected chi connectivity index (χ2v) is 13.3. The number of allylic oxidation sites excluding steroid dienone is 2. The Morgan fingerprint density at radius 2 is 1.89 bits per heavy atom. The number of pyridine rings is 1. The number of benzene rings is 3. The van der Waals surface area contributed by atoms with E-state index in [4.69, 9.17) is 10.5 Å². The minimum absolute atomic E-state index is 0.0192. The van der Waals surface area contributed by atoms with Gasteiger partial charge in [0.25, 0.3) is 5.91 Å². The molecule has 1 aromatic heterocycles. The number of nitrogens with zero attached hydrogens (tertiary/aromatic N) is 3. The number of aromatic nitrogens is 1. The van der Waals surface area contributed by atoms with Crippen LogP contribution in [0.5, 0.6) is 11.5 Å². The van der Waals surface area contributed by atoms with Gasteiger partial charge in [0, 0.05) is 37.4 Å². The number of hydrogen-bond donors (Lipinski definition) is 1. The van der Waals surface area contributed by atoms with E-state index in [1.54, 1.807) is 11.1 Å². The highest BCUT2D eigenvalue weighted by molar-refractivity contribution is 6.00. The van der Waals surface area contributed by atoms with Crippen LogP contribution in [-0.2, 0) is 6.42 Å². The van der Waals surface area contributed by atoms with Gasteiger partial charge in [-0.05, 0) is 99.5 Å². The van der Waals surface area contributed by atoms with E-state index in [0.29, 0.717) is 60.2 Å². The Labute approximate surface area is 268 Å². The Balaban J connectivity index is 1.38. The number of nitrogens with two attached hydrogens (primary N) is 1. The smallest absolute Gasteiger partial charge is 0.259 e. The molecule has 2 heterocycles. The molecule has 7 nitrogen and oxygen atoms in total. The molecule has 3 aromatic carbocycles. The molecule has 1 saturated carbocycles. The maximum atomic E-state index is 16.1. The highest BCUT2D eigenvalue weighted by atomic mass is 19.1. The molecule has 1 aliphatic heterocycles. The van der Waals surface area contributed by atoms with E-state index < -0.39 is 11.2 Å². The summed E-state index contributed by atoms with van der Waals surface area (Å²) in [5.74, 6) is 0.505. The molecule has 1 amide bonds. The van der Waals surface area contributed by atoms with Gasteiger partial charge >= 0.3 is 0 Å². The molecular weight excluding hydrogens is 579 g/mol. The molecule has 0 radical (unpaired) electrons. The summed E-state index contributed by atoms with van der Waals surface area (Å²) in [6, 6.07) is 13.5. The zero-order valence-electron chi connectivity index (χ0n) is 26.6. The number of likely N-dealkylation sites (N-methyl/N-ethyl adjacent to an activating group) is 1. The van der Waals surface area contributed by atoms with Gasteiger partial charge in [0.15, 0.2) is 11.5 Å². The molecule has 2 N–H and O–H groups in total. The number of amides is 1. The molecule has 0 bridgehead atoms. The predicted octanol–water partition coefficient (Wildman–Crippen LogP) is 6.73. The number of carbonyl (C=O) groups is 1. The third-order valence-electron chi connectivity index (χ3n) is 9.76. The van der Waals surface area contributed by atoms with Crippen LogP contribution < -0.4 is 15.9 Å². The zero-order chi connectivity index (χ0) is 31.9. The van der Waals surface area contributed by atoms with Crippen molar-refractivity contribution in [3.63, 3.8) is 0 Å². The van der Waals surface area contributed by atoms with Gasteiger partial charge in [0.05, 0.1) is 11.1 Å². The van der Waals surface area contributed by atoms with E-state index in [1.165, 1.54) is 6.07 Å². The Morgan fingerprint density at radius 3 is 2.61 bits per heavy atom. The van der Waals surface area contributed by atoms with Gasteiger partial charge in [-0.25, -0.2) is 4.39 Å². The minimum atomic E-state index is -0.486. The van der Waals surface area contributed by atoms with Crippen LogP contribution >= 0.6 is 0 Å². The predicted molar refractivity (Wildman–Crippen MR) is 182 cm³/mol. The average molecular weight is 621 g/mol. The Bertz CT molecular complexity index is 1960. The summed E-state index contributed by atoms with van der Waals surface area (Å²) < 4.78 is 24.5. The van der Waals surface area contributed by atoms with E-state index in [-0.39, 0.29) is 22.9 Å². The van der Waals surface area contributed by atoms with Crippen molar-refractivity contribution in [2.45, 2.75) is 51.0 Å². The standard InChI is InChI=1S/C38H41FN4O3/c1-41(2)16-17-42(22-25-8-4-3-5-9-25)38(45)31-23-43-33-19-26-10-6-7-11-27(26)20-34(33)46-37-29(15-13-24-12-14-28(40)18-24)32(39)21-30(35(37)43)36(31)44/h4,6-11,19-21,23-24,28H,3,5,12-18,22,40H2,1-2H3. The van der Waals surface area contributed by atoms with Crippen molar-refractivity contribution in [1.29, 1.82) is 0 Å². The normalized spacial score (nSPS) is 18.6. The minimum Gasteiger partial charge on any atom is -0.452 e. The Kier molecular flexibility index (Phi) is 8.25. The van der Waals surface area contributed by atoms with Crippen LogP contribution in [0.2, 0.25) is 0 Å². The van der Waals surface area contributed by atoms with Crippen LogP contribution in [0.4, 0.5) is 4.39 Å². The molecule has 7 rings (SSSR count). The second kappa shape index (κ2) is 12.5. The molecule has 238 valence electrons. The van der Waals surface area contributed by atoms with Crippen molar-refractivity contribution in [2.24, 2.45) is 11.7 Å². The van der Waals surface area contributed by atoms with Crippen molar-refractivity contribution in [1.82, 2.24) is 14.4 Å². The number of halogens is 1. The maximum Gasteiger partial charge on any atom is 0.259 e. The number of carbonyl (C=O) groups excluding carboxylic acids is 1. The first-order valence-corrected chi connectivity index (χ1v) is 16.4. The molecule has 46 heavy (non-hydrogen) atoms. The first-order valence-electron chi connectivity index (χ1n) is 16.4. The molecule has 0 spiro atoms. The van der Waals surface area contributed by atoms with E-state index >= 15 is 4.39 Å². The SMILES string of the molecule is CN(C)CCN(CC1=CCCC=C1)C(=O)c1cn2c3c(c(CCC4CCC(N)C4)c(F)cc3c1=O)Oc1cc3ccccc3cc1-2. The second-order valence-electron chi connectivity index (χ2n) is 13.3. The van der Waals surface area contributed by atoms with Crippen LogP contribution in [0.1, 0.15) is 54.4 Å². The van der Waals surface area contributed by atoms with Gasteiger partial charge in [0.2, 0.25) is 5.43 Å². The summed E-state index contributed by atoms with van der Waals surface area (Å²) in [6.45, 7) is 1.48. The third kappa shape index (κ3) is 5.76. The summed E-state index contributed by atoms with van der Waals surface area (Å²) in [5.41, 5.74) is 8.42. The average Bonchev–Trinajstić information content (AvgIpc) is 3.47. The van der Waals surface area contributed by atoms with Crippen molar-refractivity contribution in [3.8, 4) is 17.2 Å². The molecule has 2 aliphatic carbocycles. The topological polar surface area (TPSA) is 80.8 Å². The van der Waals surface area contributed by atoms with Gasteiger partial charge in [-0.15, -0.1) is 0 Å². The first kappa shape index (κ1) is 30.4. The van der Waals surface area contributed by atoms with E-state index in [1.807, 2.05) is 60.0 Å². The summed E-state index contributed by atoms with van der Waals surface area (Å²) in [4.78, 5) is 32.3. The fourth-order valence-electron chi connectivity index (χ4n) is 7.21.